The first kappa shape index (κ1) is 26.9. The molecule has 0 aliphatic rings. The van der Waals surface area contributed by atoms with Gasteiger partial charge >= 0.3 is 0 Å². The van der Waals surface area contributed by atoms with Gasteiger partial charge in [-0.3, -0.25) is 4.55 Å². The van der Waals surface area contributed by atoms with Gasteiger partial charge in [-0.15, -0.1) is 0 Å². The number of unbranched alkanes of at least 4 members (excludes halogenated alkanes) is 11. The fraction of sp³-hybridized carbons (Fsp3) is 1.00. The molecule has 5 heteroatoms. The average molecular weight is 407 g/mol. The van der Waals surface area contributed by atoms with E-state index in [0.717, 1.165) is 64.2 Å². The third kappa shape index (κ3) is 17.7. The summed E-state index contributed by atoms with van der Waals surface area (Å²) >= 11 is 0. The van der Waals surface area contributed by atoms with Crippen LogP contribution in [0, 0.1) is 0 Å². The van der Waals surface area contributed by atoms with Crippen molar-refractivity contribution >= 4 is 10.1 Å². The highest BCUT2D eigenvalue weighted by Gasteiger charge is 2.21. The topological polar surface area (TPSA) is 74.6 Å². The van der Waals surface area contributed by atoms with Gasteiger partial charge in [0.05, 0.1) is 11.4 Å². The molecule has 0 aliphatic carbocycles. The van der Waals surface area contributed by atoms with E-state index >= 15 is 0 Å². The molecule has 2 atom stereocenters. The lowest BCUT2D eigenvalue weighted by molar-refractivity contribution is 0.147. The second-order valence-electron chi connectivity index (χ2n) is 8.19. The molecule has 0 fully saturated rings. The zero-order valence-electron chi connectivity index (χ0n) is 18.0. The minimum absolute atomic E-state index is 0.180. The first-order chi connectivity index (χ1) is 12.9. The highest BCUT2D eigenvalue weighted by atomic mass is 32.2. The number of aliphatic hydroxyl groups is 1. The Hall–Kier alpha value is -0.130. The van der Waals surface area contributed by atoms with E-state index < -0.39 is 15.4 Å². The van der Waals surface area contributed by atoms with Gasteiger partial charge in [0.2, 0.25) is 0 Å². The summed E-state index contributed by atoms with van der Waals surface area (Å²) in [5.41, 5.74) is 0. The lowest BCUT2D eigenvalue weighted by Crippen LogP contribution is -2.20. The van der Waals surface area contributed by atoms with Crippen molar-refractivity contribution in [3.05, 3.63) is 0 Å². The molecule has 0 radical (unpaired) electrons. The van der Waals surface area contributed by atoms with Crippen molar-refractivity contribution in [2.75, 3.05) is 0 Å². The van der Waals surface area contributed by atoms with Gasteiger partial charge in [0.15, 0.2) is 0 Å². The van der Waals surface area contributed by atoms with E-state index in [9.17, 15) is 18.1 Å². The van der Waals surface area contributed by atoms with Gasteiger partial charge in [0.25, 0.3) is 10.1 Å². The number of hydrogen-bond donors (Lipinski definition) is 2. The van der Waals surface area contributed by atoms with E-state index in [4.69, 9.17) is 0 Å². The Labute approximate surface area is 169 Å². The van der Waals surface area contributed by atoms with Crippen LogP contribution in [-0.2, 0) is 10.1 Å². The van der Waals surface area contributed by atoms with E-state index in [1.54, 1.807) is 0 Å². The Bertz CT molecular complexity index is 409. The molecule has 0 heterocycles. The summed E-state index contributed by atoms with van der Waals surface area (Å²) in [5, 5.41) is 9.46. The van der Waals surface area contributed by atoms with E-state index in [2.05, 4.69) is 13.8 Å². The lowest BCUT2D eigenvalue weighted by Gasteiger charge is -2.14. The molecule has 2 unspecified atom stereocenters. The molecule has 164 valence electrons. The van der Waals surface area contributed by atoms with Crippen molar-refractivity contribution in [3.63, 3.8) is 0 Å². The van der Waals surface area contributed by atoms with Crippen molar-refractivity contribution in [3.8, 4) is 0 Å². The molecule has 0 bridgehead atoms. The van der Waals surface area contributed by atoms with Crippen LogP contribution >= 0.6 is 0 Å². The second-order valence-corrected chi connectivity index (χ2v) is 9.88. The Morgan fingerprint density at radius 3 is 1.37 bits per heavy atom. The average Bonchev–Trinajstić information content (AvgIpc) is 2.61. The number of hydrogen-bond acceptors (Lipinski definition) is 3. The summed E-state index contributed by atoms with van der Waals surface area (Å²) in [6, 6.07) is 0. The van der Waals surface area contributed by atoms with Crippen LogP contribution in [0.15, 0.2) is 0 Å². The van der Waals surface area contributed by atoms with Crippen LogP contribution in [0.5, 0.6) is 0 Å². The van der Waals surface area contributed by atoms with Gasteiger partial charge in [-0.25, -0.2) is 0 Å². The second kappa shape index (κ2) is 17.9. The van der Waals surface area contributed by atoms with E-state index in [1.807, 2.05) is 0 Å². The Morgan fingerprint density at radius 1 is 0.593 bits per heavy atom. The zero-order valence-corrected chi connectivity index (χ0v) is 18.8. The van der Waals surface area contributed by atoms with Gasteiger partial charge in [-0.1, -0.05) is 104 Å². The van der Waals surface area contributed by atoms with Crippen molar-refractivity contribution in [1.29, 1.82) is 0 Å². The third-order valence-corrected chi connectivity index (χ3v) is 6.82. The summed E-state index contributed by atoms with van der Waals surface area (Å²) < 4.78 is 32.3. The minimum atomic E-state index is -3.91. The fourth-order valence-corrected chi connectivity index (χ4v) is 4.58. The van der Waals surface area contributed by atoms with Crippen LogP contribution in [0.1, 0.15) is 129 Å². The predicted molar refractivity (Wildman–Crippen MR) is 116 cm³/mol. The largest absolute Gasteiger partial charge is 0.393 e. The standard InChI is InChI=1S/C22H46O4S/c1-3-5-7-8-9-10-14-17-21(23)18-15-11-12-16-20-22(27(24,25)26)19-13-6-4-2/h21-23H,3-20H2,1-2H3,(H,24,25,26). The molecular weight excluding hydrogens is 360 g/mol. The molecular formula is C22H46O4S. The maximum absolute atomic E-state index is 11.5. The predicted octanol–water partition coefficient (Wildman–Crippen LogP) is 6.67. The highest BCUT2D eigenvalue weighted by molar-refractivity contribution is 7.86. The van der Waals surface area contributed by atoms with E-state index in [1.165, 1.54) is 38.5 Å². The summed E-state index contributed by atoms with van der Waals surface area (Å²) in [4.78, 5) is 0. The smallest absolute Gasteiger partial charge is 0.267 e. The SMILES string of the molecule is CCCCCCCCCC(O)CCCCCCC(CCCCC)S(=O)(=O)O. The molecule has 27 heavy (non-hydrogen) atoms. The molecule has 0 amide bonds. The van der Waals surface area contributed by atoms with Crippen LogP contribution in [0.25, 0.3) is 0 Å². The zero-order chi connectivity index (χ0) is 20.4. The first-order valence-corrected chi connectivity index (χ1v) is 13.1. The molecule has 0 spiro atoms. The van der Waals surface area contributed by atoms with Crippen LogP contribution in [0.4, 0.5) is 0 Å². The van der Waals surface area contributed by atoms with Crippen molar-refractivity contribution in [2.45, 2.75) is 141 Å². The fourth-order valence-electron chi connectivity index (χ4n) is 3.65. The molecule has 2 N–H and O–H groups in total. The summed E-state index contributed by atoms with van der Waals surface area (Å²) in [7, 11) is -3.91. The monoisotopic (exact) mass is 406 g/mol. The molecule has 4 nitrogen and oxygen atoms in total. The summed E-state index contributed by atoms with van der Waals surface area (Å²) in [6.07, 6.45) is 18.4. The Kier molecular flexibility index (Phi) is 17.8. The Morgan fingerprint density at radius 2 is 0.926 bits per heavy atom. The van der Waals surface area contributed by atoms with Crippen molar-refractivity contribution < 1.29 is 18.1 Å². The summed E-state index contributed by atoms with van der Waals surface area (Å²) in [6.45, 7) is 4.32. The molecule has 0 aliphatic heterocycles. The van der Waals surface area contributed by atoms with Crippen molar-refractivity contribution in [2.24, 2.45) is 0 Å². The summed E-state index contributed by atoms with van der Waals surface area (Å²) in [5.74, 6) is 0. The third-order valence-electron chi connectivity index (χ3n) is 5.51. The maximum atomic E-state index is 11.5. The molecule has 0 aromatic carbocycles. The van der Waals surface area contributed by atoms with E-state index in [-0.39, 0.29) is 6.10 Å². The van der Waals surface area contributed by atoms with Gasteiger partial charge in [0, 0.05) is 0 Å². The lowest BCUT2D eigenvalue weighted by atomic mass is 10.0. The van der Waals surface area contributed by atoms with Crippen LogP contribution < -0.4 is 0 Å². The quantitative estimate of drug-likeness (QED) is 0.175. The van der Waals surface area contributed by atoms with Gasteiger partial charge in [-0.2, -0.15) is 8.42 Å². The normalized spacial score (nSPS) is 14.4. The first-order valence-electron chi connectivity index (χ1n) is 11.6. The van der Waals surface area contributed by atoms with Gasteiger partial charge in [0.1, 0.15) is 0 Å². The van der Waals surface area contributed by atoms with Crippen LogP contribution in [-0.4, -0.2) is 29.4 Å². The van der Waals surface area contributed by atoms with Crippen LogP contribution in [0.3, 0.4) is 0 Å². The number of aliphatic hydroxyl groups excluding tert-OH is 1. The Balaban J connectivity index is 3.62. The highest BCUT2D eigenvalue weighted by Crippen LogP contribution is 2.19. The van der Waals surface area contributed by atoms with E-state index in [0.29, 0.717) is 12.8 Å². The number of rotatable bonds is 20. The molecule has 0 rings (SSSR count). The van der Waals surface area contributed by atoms with Gasteiger partial charge in [-0.05, 0) is 25.7 Å². The molecule has 0 saturated carbocycles. The van der Waals surface area contributed by atoms with Crippen molar-refractivity contribution in [1.82, 2.24) is 0 Å². The maximum Gasteiger partial charge on any atom is 0.267 e. The molecule has 0 saturated heterocycles. The minimum Gasteiger partial charge on any atom is -0.393 e. The van der Waals surface area contributed by atoms with Crippen LogP contribution in [0.2, 0.25) is 0 Å². The molecule has 0 aromatic rings. The molecule has 0 aromatic heterocycles. The van der Waals surface area contributed by atoms with Gasteiger partial charge < -0.3 is 5.11 Å².